The van der Waals surface area contributed by atoms with Gasteiger partial charge >= 0.3 is 0 Å². The lowest BCUT2D eigenvalue weighted by atomic mass is 10.1. The Morgan fingerprint density at radius 1 is 1.20 bits per heavy atom. The van der Waals surface area contributed by atoms with Crippen molar-refractivity contribution in [2.75, 3.05) is 0 Å². The van der Waals surface area contributed by atoms with Gasteiger partial charge in [0, 0.05) is 9.86 Å². The van der Waals surface area contributed by atoms with Crippen LogP contribution < -0.4 is 5.73 Å². The first-order valence-corrected chi connectivity index (χ1v) is 7.12. The quantitative estimate of drug-likeness (QED) is 0.700. The predicted molar refractivity (Wildman–Crippen MR) is 81.4 cm³/mol. The first-order chi connectivity index (χ1) is 9.56. The maximum atomic E-state index is 13.6. The van der Waals surface area contributed by atoms with Crippen LogP contribution in [0.3, 0.4) is 0 Å². The van der Waals surface area contributed by atoms with Crippen molar-refractivity contribution in [1.29, 1.82) is 0 Å². The minimum atomic E-state index is -0.477. The van der Waals surface area contributed by atoms with Gasteiger partial charge in [-0.3, -0.25) is 0 Å². The molecule has 0 fully saturated rings. The molecule has 0 radical (unpaired) electrons. The van der Waals surface area contributed by atoms with Gasteiger partial charge in [-0.05, 0) is 45.8 Å². The average molecular weight is 355 g/mol. The molecule has 1 unspecified atom stereocenters. The van der Waals surface area contributed by atoms with E-state index in [1.165, 1.54) is 6.07 Å². The highest BCUT2D eigenvalue weighted by atomic mass is 79.9. The van der Waals surface area contributed by atoms with Gasteiger partial charge in [0.15, 0.2) is 11.4 Å². The van der Waals surface area contributed by atoms with Gasteiger partial charge in [0.2, 0.25) is 0 Å². The molecule has 5 heteroatoms. The topological polar surface area (TPSA) is 39.2 Å². The third kappa shape index (κ3) is 2.35. The molecule has 20 heavy (non-hydrogen) atoms. The summed E-state index contributed by atoms with van der Waals surface area (Å²) in [5.41, 5.74) is 7.23. The van der Waals surface area contributed by atoms with Crippen LogP contribution in [0.2, 0.25) is 5.02 Å². The van der Waals surface area contributed by atoms with Crippen LogP contribution in [-0.4, -0.2) is 0 Å². The number of hydrogen-bond acceptors (Lipinski definition) is 2. The zero-order chi connectivity index (χ0) is 14.3. The Morgan fingerprint density at radius 2 is 2.00 bits per heavy atom. The highest BCUT2D eigenvalue weighted by molar-refractivity contribution is 9.10. The standard InChI is InChI=1S/C15H10BrClFNO/c16-10-6-8(4-5-11(10)17)14(19)13-7-9-2-1-3-12(18)15(9)20-13/h1-7,14H,19H2. The van der Waals surface area contributed by atoms with Crippen molar-refractivity contribution in [2.24, 2.45) is 5.73 Å². The van der Waals surface area contributed by atoms with Crippen molar-refractivity contribution < 1.29 is 8.81 Å². The fraction of sp³-hybridized carbons (Fsp3) is 0.0667. The Hall–Kier alpha value is -1.36. The molecule has 3 rings (SSSR count). The van der Waals surface area contributed by atoms with E-state index in [1.54, 1.807) is 24.3 Å². The molecule has 102 valence electrons. The number of furan rings is 1. The second-order valence-electron chi connectivity index (χ2n) is 4.46. The van der Waals surface area contributed by atoms with Crippen molar-refractivity contribution in [3.63, 3.8) is 0 Å². The van der Waals surface area contributed by atoms with Crippen molar-refractivity contribution in [2.45, 2.75) is 6.04 Å². The zero-order valence-electron chi connectivity index (χ0n) is 10.2. The van der Waals surface area contributed by atoms with Crippen LogP contribution in [0, 0.1) is 5.82 Å². The Bertz CT molecular complexity index is 787. The molecule has 0 bridgehead atoms. The fourth-order valence-electron chi connectivity index (χ4n) is 2.07. The maximum Gasteiger partial charge on any atom is 0.169 e. The number of benzene rings is 2. The van der Waals surface area contributed by atoms with E-state index < -0.39 is 11.9 Å². The molecule has 2 aromatic carbocycles. The number of hydrogen-bond donors (Lipinski definition) is 1. The van der Waals surface area contributed by atoms with Crippen molar-refractivity contribution in [3.8, 4) is 0 Å². The molecule has 0 aliphatic carbocycles. The number of rotatable bonds is 2. The van der Waals surface area contributed by atoms with Gasteiger partial charge in [0.25, 0.3) is 0 Å². The lowest BCUT2D eigenvalue weighted by molar-refractivity contribution is 0.502. The molecule has 0 aliphatic rings. The van der Waals surface area contributed by atoms with Gasteiger partial charge in [0.1, 0.15) is 5.76 Å². The molecular formula is C15H10BrClFNO. The summed E-state index contributed by atoms with van der Waals surface area (Å²) in [5, 5.41) is 1.31. The van der Waals surface area contributed by atoms with E-state index in [-0.39, 0.29) is 5.58 Å². The highest BCUT2D eigenvalue weighted by Crippen LogP contribution is 2.31. The maximum absolute atomic E-state index is 13.6. The van der Waals surface area contributed by atoms with Gasteiger partial charge < -0.3 is 10.2 Å². The average Bonchev–Trinajstić information content (AvgIpc) is 2.86. The molecule has 0 aliphatic heterocycles. The summed E-state index contributed by atoms with van der Waals surface area (Å²) in [4.78, 5) is 0. The summed E-state index contributed by atoms with van der Waals surface area (Å²) in [6.07, 6.45) is 0. The lowest BCUT2D eigenvalue weighted by Crippen LogP contribution is -2.10. The van der Waals surface area contributed by atoms with Gasteiger partial charge in [-0.1, -0.05) is 29.8 Å². The van der Waals surface area contributed by atoms with Crippen molar-refractivity contribution >= 4 is 38.5 Å². The van der Waals surface area contributed by atoms with Crippen molar-refractivity contribution in [3.05, 3.63) is 69.1 Å². The van der Waals surface area contributed by atoms with Crippen LogP contribution in [0.5, 0.6) is 0 Å². The number of nitrogens with two attached hydrogens (primary N) is 1. The van der Waals surface area contributed by atoms with E-state index in [0.717, 1.165) is 10.0 Å². The van der Waals surface area contributed by atoms with Crippen LogP contribution in [0.25, 0.3) is 11.0 Å². The highest BCUT2D eigenvalue weighted by Gasteiger charge is 2.16. The van der Waals surface area contributed by atoms with Gasteiger partial charge in [0.05, 0.1) is 11.1 Å². The third-order valence-electron chi connectivity index (χ3n) is 3.12. The number of halogens is 3. The first kappa shape index (κ1) is 13.6. The summed E-state index contributed by atoms with van der Waals surface area (Å²) in [6.45, 7) is 0. The number of para-hydroxylation sites is 1. The second kappa shape index (κ2) is 5.20. The summed E-state index contributed by atoms with van der Waals surface area (Å²) in [6, 6.07) is 11.5. The molecule has 0 saturated heterocycles. The van der Waals surface area contributed by atoms with E-state index in [4.69, 9.17) is 21.8 Å². The fourth-order valence-corrected chi connectivity index (χ4v) is 2.58. The van der Waals surface area contributed by atoms with Gasteiger partial charge in [-0.2, -0.15) is 0 Å². The van der Waals surface area contributed by atoms with Crippen LogP contribution in [-0.2, 0) is 0 Å². The molecule has 3 aromatic rings. The van der Waals surface area contributed by atoms with Crippen molar-refractivity contribution in [1.82, 2.24) is 0 Å². The third-order valence-corrected chi connectivity index (χ3v) is 4.34. The number of fused-ring (bicyclic) bond motifs is 1. The zero-order valence-corrected chi connectivity index (χ0v) is 12.6. The van der Waals surface area contributed by atoms with E-state index in [0.29, 0.717) is 16.2 Å². The molecule has 0 saturated carbocycles. The van der Waals surface area contributed by atoms with E-state index in [9.17, 15) is 4.39 Å². The lowest BCUT2D eigenvalue weighted by Gasteiger charge is -2.10. The molecule has 0 spiro atoms. The van der Waals surface area contributed by atoms with Gasteiger partial charge in [-0.25, -0.2) is 4.39 Å². The summed E-state index contributed by atoms with van der Waals surface area (Å²) in [5.74, 6) is 0.123. The molecule has 0 amide bonds. The van der Waals surface area contributed by atoms with Crippen LogP contribution >= 0.6 is 27.5 Å². The Labute approximate surface area is 128 Å². The Kier molecular flexibility index (Phi) is 3.54. The Balaban J connectivity index is 2.05. The first-order valence-electron chi connectivity index (χ1n) is 5.95. The van der Waals surface area contributed by atoms with Gasteiger partial charge in [-0.15, -0.1) is 0 Å². The molecule has 2 nitrogen and oxygen atoms in total. The molecular weight excluding hydrogens is 345 g/mol. The van der Waals surface area contributed by atoms with E-state index in [1.807, 2.05) is 12.1 Å². The Morgan fingerprint density at radius 3 is 2.70 bits per heavy atom. The normalized spacial score (nSPS) is 12.8. The van der Waals surface area contributed by atoms with E-state index in [2.05, 4.69) is 15.9 Å². The van der Waals surface area contributed by atoms with Crippen LogP contribution in [0.1, 0.15) is 17.4 Å². The molecule has 1 heterocycles. The van der Waals surface area contributed by atoms with Crippen LogP contribution in [0.15, 0.2) is 51.4 Å². The molecule has 2 N–H and O–H groups in total. The predicted octanol–water partition coefficient (Wildman–Crippen LogP) is 5.04. The van der Waals surface area contributed by atoms with E-state index >= 15 is 0 Å². The summed E-state index contributed by atoms with van der Waals surface area (Å²) >= 11 is 9.31. The monoisotopic (exact) mass is 353 g/mol. The van der Waals surface area contributed by atoms with Crippen LogP contribution in [0.4, 0.5) is 4.39 Å². The summed E-state index contributed by atoms with van der Waals surface area (Å²) < 4.78 is 19.9. The smallest absolute Gasteiger partial charge is 0.169 e. The summed E-state index contributed by atoms with van der Waals surface area (Å²) in [7, 11) is 0. The molecule has 1 aromatic heterocycles. The minimum absolute atomic E-state index is 0.228. The largest absolute Gasteiger partial charge is 0.456 e. The minimum Gasteiger partial charge on any atom is -0.456 e. The molecule has 1 atom stereocenters. The second-order valence-corrected chi connectivity index (χ2v) is 5.72. The SMILES string of the molecule is NC(c1ccc(Cl)c(Br)c1)c1cc2cccc(F)c2o1.